The zero-order chi connectivity index (χ0) is 20.3. The van der Waals surface area contributed by atoms with Gasteiger partial charge in [-0.2, -0.15) is 13.2 Å². The Balaban J connectivity index is 1.67. The van der Waals surface area contributed by atoms with Gasteiger partial charge < -0.3 is 5.32 Å². The molecule has 0 aliphatic heterocycles. The zero-order valence-corrected chi connectivity index (χ0v) is 16.0. The van der Waals surface area contributed by atoms with Crippen molar-refractivity contribution in [2.45, 2.75) is 19.0 Å². The van der Waals surface area contributed by atoms with Gasteiger partial charge in [0.05, 0.1) is 10.6 Å². The van der Waals surface area contributed by atoms with Crippen LogP contribution in [0.3, 0.4) is 0 Å². The van der Waals surface area contributed by atoms with Crippen LogP contribution in [0.5, 0.6) is 0 Å². The summed E-state index contributed by atoms with van der Waals surface area (Å²) in [5.41, 5.74) is -0.0195. The number of urea groups is 1. The molecule has 0 spiro atoms. The Hall–Kier alpha value is -2.65. The number of halogens is 4. The van der Waals surface area contributed by atoms with Gasteiger partial charge in [0.25, 0.3) is 0 Å². The summed E-state index contributed by atoms with van der Waals surface area (Å²) in [6.07, 6.45) is -4.62. The Morgan fingerprint density at radius 1 is 1.11 bits per heavy atom. The fourth-order valence-electron chi connectivity index (χ4n) is 2.42. The van der Waals surface area contributed by atoms with Gasteiger partial charge in [0.15, 0.2) is 0 Å². The van der Waals surface area contributed by atoms with Crippen molar-refractivity contribution >= 4 is 39.8 Å². The van der Waals surface area contributed by atoms with E-state index >= 15 is 0 Å². The van der Waals surface area contributed by atoms with Crippen molar-refractivity contribution < 1.29 is 18.0 Å². The summed E-state index contributed by atoms with van der Waals surface area (Å²) in [6.45, 7) is 1.96. The summed E-state index contributed by atoms with van der Waals surface area (Å²) in [5, 5.41) is 13.3. The van der Waals surface area contributed by atoms with Crippen LogP contribution >= 0.6 is 22.9 Å². The molecule has 28 heavy (non-hydrogen) atoms. The number of hydrogen-bond donors (Lipinski definition) is 2. The van der Waals surface area contributed by atoms with Crippen LogP contribution in [0.4, 0.5) is 28.8 Å². The van der Waals surface area contributed by atoms with Gasteiger partial charge in [0.1, 0.15) is 5.01 Å². The first-order valence-corrected chi connectivity index (χ1v) is 9.26. The monoisotopic (exact) mass is 426 g/mol. The molecule has 1 aromatic heterocycles. The van der Waals surface area contributed by atoms with Crippen molar-refractivity contribution in [2.24, 2.45) is 0 Å². The number of carbonyl (C=O) groups excluding carboxylic acids is 1. The molecular formula is C18H14ClF3N4OS. The second-order valence-corrected chi connectivity index (χ2v) is 7.27. The molecule has 5 nitrogen and oxygen atoms in total. The molecule has 1 heterocycles. The standard InChI is InChI=1S/C18H14ClF3N4OS/c1-10(11-5-3-2-4-6-11)15-25-26-17(28-15)24-16(27)23-12-7-8-14(19)13(9-12)18(20,21)22/h2-10H,1H3,(H2,23,24,26,27). The molecule has 146 valence electrons. The predicted molar refractivity (Wildman–Crippen MR) is 103 cm³/mol. The quantitative estimate of drug-likeness (QED) is 0.537. The first kappa shape index (κ1) is 20.1. The van der Waals surface area contributed by atoms with E-state index in [4.69, 9.17) is 11.6 Å². The van der Waals surface area contributed by atoms with E-state index in [0.717, 1.165) is 17.7 Å². The van der Waals surface area contributed by atoms with E-state index in [9.17, 15) is 18.0 Å². The molecule has 2 amide bonds. The van der Waals surface area contributed by atoms with E-state index < -0.39 is 22.8 Å². The number of carbonyl (C=O) groups is 1. The highest BCUT2D eigenvalue weighted by molar-refractivity contribution is 7.15. The SMILES string of the molecule is CC(c1ccccc1)c1nnc(NC(=O)Nc2ccc(Cl)c(C(F)(F)F)c2)s1. The van der Waals surface area contributed by atoms with Crippen LogP contribution in [-0.4, -0.2) is 16.2 Å². The van der Waals surface area contributed by atoms with Crippen molar-refractivity contribution in [1.82, 2.24) is 10.2 Å². The van der Waals surface area contributed by atoms with E-state index in [2.05, 4.69) is 20.8 Å². The second-order valence-electron chi connectivity index (χ2n) is 5.85. The molecule has 0 saturated carbocycles. The first-order chi connectivity index (χ1) is 13.2. The van der Waals surface area contributed by atoms with Gasteiger partial charge >= 0.3 is 12.2 Å². The van der Waals surface area contributed by atoms with Gasteiger partial charge in [-0.1, -0.05) is 60.2 Å². The van der Waals surface area contributed by atoms with Gasteiger partial charge in [-0.25, -0.2) is 4.79 Å². The van der Waals surface area contributed by atoms with E-state index in [0.29, 0.717) is 5.01 Å². The Bertz CT molecular complexity index is 978. The molecular weight excluding hydrogens is 413 g/mol. The number of rotatable bonds is 4. The molecule has 0 radical (unpaired) electrons. The lowest BCUT2D eigenvalue weighted by atomic mass is 10.0. The van der Waals surface area contributed by atoms with Crippen molar-refractivity contribution in [3.63, 3.8) is 0 Å². The van der Waals surface area contributed by atoms with Crippen molar-refractivity contribution in [3.8, 4) is 0 Å². The summed E-state index contributed by atoms with van der Waals surface area (Å²) in [4.78, 5) is 12.1. The lowest BCUT2D eigenvalue weighted by Crippen LogP contribution is -2.19. The van der Waals surface area contributed by atoms with E-state index in [-0.39, 0.29) is 16.7 Å². The van der Waals surface area contributed by atoms with Crippen molar-refractivity contribution in [3.05, 3.63) is 69.7 Å². The van der Waals surface area contributed by atoms with Gasteiger partial charge in [-0.15, -0.1) is 10.2 Å². The third-order valence-electron chi connectivity index (χ3n) is 3.86. The minimum Gasteiger partial charge on any atom is -0.308 e. The lowest BCUT2D eigenvalue weighted by molar-refractivity contribution is -0.137. The summed E-state index contributed by atoms with van der Waals surface area (Å²) in [6, 6.07) is 12.1. The summed E-state index contributed by atoms with van der Waals surface area (Å²) >= 11 is 6.75. The summed E-state index contributed by atoms with van der Waals surface area (Å²) in [5.74, 6) is -0.0112. The molecule has 1 unspecified atom stereocenters. The lowest BCUT2D eigenvalue weighted by Gasteiger charge is -2.11. The highest BCUT2D eigenvalue weighted by atomic mass is 35.5. The van der Waals surface area contributed by atoms with Gasteiger partial charge in [-0.05, 0) is 23.8 Å². The Morgan fingerprint density at radius 2 is 1.82 bits per heavy atom. The number of alkyl halides is 3. The number of nitrogens with zero attached hydrogens (tertiary/aromatic N) is 2. The molecule has 0 saturated heterocycles. The predicted octanol–water partition coefficient (Wildman–Crippen LogP) is 6.01. The van der Waals surface area contributed by atoms with Crippen LogP contribution < -0.4 is 10.6 Å². The number of hydrogen-bond acceptors (Lipinski definition) is 4. The van der Waals surface area contributed by atoms with Gasteiger partial charge in [0.2, 0.25) is 5.13 Å². The minimum absolute atomic E-state index is 0.0112. The molecule has 0 aliphatic rings. The molecule has 2 aromatic carbocycles. The number of benzene rings is 2. The van der Waals surface area contributed by atoms with Crippen LogP contribution in [0.2, 0.25) is 5.02 Å². The van der Waals surface area contributed by atoms with Crippen molar-refractivity contribution in [2.75, 3.05) is 10.6 Å². The molecule has 0 aliphatic carbocycles. The number of anilines is 2. The molecule has 2 N–H and O–H groups in total. The van der Waals surface area contributed by atoms with Crippen molar-refractivity contribution in [1.29, 1.82) is 0 Å². The third kappa shape index (κ3) is 4.79. The Morgan fingerprint density at radius 3 is 2.50 bits per heavy atom. The van der Waals surface area contributed by atoms with E-state index in [1.807, 2.05) is 37.3 Å². The maximum atomic E-state index is 12.9. The largest absolute Gasteiger partial charge is 0.417 e. The van der Waals surface area contributed by atoms with E-state index in [1.165, 1.54) is 17.4 Å². The molecule has 3 aromatic rings. The van der Waals surface area contributed by atoms with Crippen LogP contribution in [-0.2, 0) is 6.18 Å². The van der Waals surface area contributed by atoms with Crippen LogP contribution in [0.25, 0.3) is 0 Å². The smallest absolute Gasteiger partial charge is 0.308 e. The maximum Gasteiger partial charge on any atom is 0.417 e. The number of amides is 2. The molecule has 1 atom stereocenters. The van der Waals surface area contributed by atoms with E-state index in [1.54, 1.807) is 0 Å². The fourth-order valence-corrected chi connectivity index (χ4v) is 3.47. The molecule has 0 bridgehead atoms. The topological polar surface area (TPSA) is 66.9 Å². The number of nitrogens with one attached hydrogen (secondary N) is 2. The minimum atomic E-state index is -4.62. The van der Waals surface area contributed by atoms with Gasteiger partial charge in [0, 0.05) is 11.6 Å². The summed E-state index contributed by atoms with van der Waals surface area (Å²) < 4.78 is 38.7. The first-order valence-electron chi connectivity index (χ1n) is 8.07. The summed E-state index contributed by atoms with van der Waals surface area (Å²) in [7, 11) is 0. The average Bonchev–Trinajstić information content (AvgIpc) is 3.10. The van der Waals surface area contributed by atoms with Gasteiger partial charge in [-0.3, -0.25) is 5.32 Å². The number of aromatic nitrogens is 2. The van der Waals surface area contributed by atoms with Crippen LogP contribution in [0.15, 0.2) is 48.5 Å². The highest BCUT2D eigenvalue weighted by Crippen LogP contribution is 2.36. The Labute approximate surface area is 167 Å². The third-order valence-corrected chi connectivity index (χ3v) is 5.21. The average molecular weight is 427 g/mol. The van der Waals surface area contributed by atoms with Crippen LogP contribution in [0.1, 0.15) is 29.0 Å². The normalized spacial score (nSPS) is 12.5. The molecule has 3 rings (SSSR count). The van der Waals surface area contributed by atoms with Crippen LogP contribution in [0, 0.1) is 0 Å². The maximum absolute atomic E-state index is 12.9. The molecule has 0 fully saturated rings. The highest BCUT2D eigenvalue weighted by Gasteiger charge is 2.33. The molecule has 10 heteroatoms. The second kappa shape index (κ2) is 8.15. The zero-order valence-electron chi connectivity index (χ0n) is 14.4. The fraction of sp³-hybridized carbons (Fsp3) is 0.167. The Kier molecular flexibility index (Phi) is 5.85.